The van der Waals surface area contributed by atoms with Crippen LogP contribution < -0.4 is 5.32 Å². The summed E-state index contributed by atoms with van der Waals surface area (Å²) < 4.78 is 0. The first kappa shape index (κ1) is 25.0. The molecule has 142 valence electrons. The van der Waals surface area contributed by atoms with Crippen molar-refractivity contribution in [3.05, 3.63) is 41.4 Å². The zero-order valence-electron chi connectivity index (χ0n) is 16.1. The van der Waals surface area contributed by atoms with E-state index >= 15 is 0 Å². The van der Waals surface area contributed by atoms with Crippen molar-refractivity contribution < 1.29 is 15.6 Å². The van der Waals surface area contributed by atoms with Crippen LogP contribution in [0.25, 0.3) is 0 Å². The summed E-state index contributed by atoms with van der Waals surface area (Å²) >= 11 is 5.51. The van der Waals surface area contributed by atoms with Crippen LogP contribution in [0.5, 0.6) is 0 Å². The van der Waals surface area contributed by atoms with Crippen LogP contribution >= 0.6 is 30.9 Å². The van der Waals surface area contributed by atoms with E-state index in [0.717, 1.165) is 30.5 Å². The Bertz CT molecular complexity index is 539. The maximum absolute atomic E-state index is 4.24. The molecule has 6 heteroatoms. The van der Waals surface area contributed by atoms with E-state index in [4.69, 9.17) is 0 Å². The Balaban J connectivity index is 0.00000134. The van der Waals surface area contributed by atoms with E-state index in [0.29, 0.717) is 5.41 Å². The van der Waals surface area contributed by atoms with Gasteiger partial charge in [-0.3, -0.25) is 4.90 Å². The molecule has 0 aliphatic heterocycles. The van der Waals surface area contributed by atoms with Crippen molar-refractivity contribution in [2.45, 2.75) is 48.1 Å². The standard InChI is InChI=1S/C17H25N3S.C2H6.HI.Re/c1-5-20(13-17(2,3)4)12-14-6-8-15(9-7-14)19-16-18-10-11-21-16;1-2;;/h6-11H,5,12-13H2,1-4H3,(H,18,19);1-2H3;1H;/q;;;+1/p-1. The monoisotopic (exact) mass is 647 g/mol. The second kappa shape index (κ2) is 14.1. The van der Waals surface area contributed by atoms with Gasteiger partial charge in [-0.05, 0) is 29.7 Å². The van der Waals surface area contributed by atoms with Crippen LogP contribution in [-0.2, 0) is 22.1 Å². The van der Waals surface area contributed by atoms with Gasteiger partial charge in [-0.25, -0.2) is 4.98 Å². The molecule has 0 spiro atoms. The van der Waals surface area contributed by atoms with Crippen molar-refractivity contribution in [2.24, 2.45) is 5.41 Å². The fourth-order valence-electron chi connectivity index (χ4n) is 2.31. The average molecular weight is 647 g/mol. The summed E-state index contributed by atoms with van der Waals surface area (Å²) in [6.07, 6.45) is 1.81. The van der Waals surface area contributed by atoms with Gasteiger partial charge in [-0.2, -0.15) is 0 Å². The number of rotatable bonds is 6. The van der Waals surface area contributed by atoms with E-state index in [1.165, 1.54) is 5.56 Å². The predicted octanol–water partition coefficient (Wildman–Crippen LogP) is 6.66. The molecule has 0 unspecified atom stereocenters. The zero-order chi connectivity index (χ0) is 19.3. The molecule has 25 heavy (non-hydrogen) atoms. The van der Waals surface area contributed by atoms with Crippen molar-refractivity contribution in [2.75, 3.05) is 18.4 Å². The Labute approximate surface area is 179 Å². The Morgan fingerprint density at radius 3 is 2.20 bits per heavy atom. The van der Waals surface area contributed by atoms with Gasteiger partial charge < -0.3 is 5.32 Å². The predicted molar refractivity (Wildman–Crippen MR) is 118 cm³/mol. The minimum atomic E-state index is 0.336. The molecule has 0 saturated carbocycles. The second-order valence-electron chi connectivity index (χ2n) is 6.52. The number of aromatic nitrogens is 1. The van der Waals surface area contributed by atoms with Crippen LogP contribution in [0.15, 0.2) is 35.8 Å². The molecule has 0 radical (unpaired) electrons. The minimum absolute atomic E-state index is 0.336. The summed E-state index contributed by atoms with van der Waals surface area (Å²) in [4.78, 5) is 6.72. The number of nitrogens with one attached hydrogen (secondary N) is 1. The van der Waals surface area contributed by atoms with Gasteiger partial charge in [0.1, 0.15) is 0 Å². The summed E-state index contributed by atoms with van der Waals surface area (Å²) in [5.74, 6) is 0. The molecule has 2 aromatic rings. The number of thiazole rings is 1. The van der Waals surface area contributed by atoms with Gasteiger partial charge in [0.2, 0.25) is 0 Å². The molecule has 1 heterocycles. The Morgan fingerprint density at radius 2 is 1.76 bits per heavy atom. The van der Waals surface area contributed by atoms with Crippen LogP contribution in [0.4, 0.5) is 10.8 Å². The van der Waals surface area contributed by atoms with Crippen molar-refractivity contribution in [1.29, 1.82) is 0 Å². The van der Waals surface area contributed by atoms with Crippen LogP contribution in [0, 0.1) is 5.41 Å². The number of hydrogen-bond donors (Lipinski definition) is 1. The molecule has 0 bridgehead atoms. The van der Waals surface area contributed by atoms with E-state index in [1.807, 2.05) is 25.4 Å². The van der Waals surface area contributed by atoms with E-state index in [-0.39, 0.29) is 0 Å². The molecular formula is C19H31IN3ReS. The Kier molecular flexibility index (Phi) is 14.1. The third-order valence-corrected chi connectivity index (χ3v) is 3.88. The first-order valence-corrected chi connectivity index (χ1v) is 17.2. The van der Waals surface area contributed by atoms with E-state index in [2.05, 4.69) is 86.7 Å². The molecule has 2 rings (SSSR count). The summed E-state index contributed by atoms with van der Waals surface area (Å²) in [5, 5.41) is 6.22. The molecule has 0 amide bonds. The summed E-state index contributed by atoms with van der Waals surface area (Å²) in [6.45, 7) is 16.3. The van der Waals surface area contributed by atoms with Crippen LogP contribution in [-0.4, -0.2) is 23.0 Å². The summed E-state index contributed by atoms with van der Waals surface area (Å²) in [5.41, 5.74) is 2.78. The second-order valence-corrected chi connectivity index (χ2v) is 7.42. The summed E-state index contributed by atoms with van der Waals surface area (Å²) in [6, 6.07) is 8.64. The van der Waals surface area contributed by atoms with Crippen molar-refractivity contribution in [3.8, 4) is 0 Å². The molecule has 0 fully saturated rings. The van der Waals surface area contributed by atoms with Gasteiger partial charge in [-0.1, -0.05) is 53.7 Å². The van der Waals surface area contributed by atoms with Gasteiger partial charge in [-0.15, -0.1) is 11.3 Å². The molecule has 0 atom stereocenters. The molecule has 3 nitrogen and oxygen atoms in total. The fraction of sp³-hybridized carbons (Fsp3) is 0.526. The van der Waals surface area contributed by atoms with E-state index < -0.39 is 0 Å². The molecule has 1 aromatic carbocycles. The number of nitrogens with zero attached hydrogens (tertiary/aromatic N) is 2. The number of hydrogen-bond acceptors (Lipinski definition) is 4. The third kappa shape index (κ3) is 11.3. The number of anilines is 2. The van der Waals surface area contributed by atoms with Crippen LogP contribution in [0.3, 0.4) is 0 Å². The number of benzene rings is 1. The molecular weight excluding hydrogens is 615 g/mol. The van der Waals surface area contributed by atoms with Gasteiger partial charge in [0.05, 0.1) is 0 Å². The van der Waals surface area contributed by atoms with Crippen LogP contribution in [0.1, 0.15) is 47.1 Å². The summed E-state index contributed by atoms with van der Waals surface area (Å²) in [7, 11) is 0. The molecule has 0 aliphatic carbocycles. The maximum atomic E-state index is 4.24. The van der Waals surface area contributed by atoms with E-state index in [9.17, 15) is 0 Å². The van der Waals surface area contributed by atoms with Crippen molar-refractivity contribution in [1.82, 2.24) is 9.88 Å². The first-order valence-electron chi connectivity index (χ1n) is 8.58. The molecule has 1 aromatic heterocycles. The van der Waals surface area contributed by atoms with Gasteiger partial charge in [0.25, 0.3) is 0 Å². The molecule has 1 N–H and O–H groups in total. The Hall–Kier alpha value is 0.00234. The quantitative estimate of drug-likeness (QED) is 0.356. The van der Waals surface area contributed by atoms with Gasteiger partial charge in [0.15, 0.2) is 5.13 Å². The SMILES string of the molecule is CC.CCN(Cc1ccc(Nc2nccs2)cc1)CC(C)(C)C.[I][Re]. The fourth-order valence-corrected chi connectivity index (χ4v) is 2.86. The van der Waals surface area contributed by atoms with Crippen LogP contribution in [0.2, 0.25) is 0 Å². The number of halogens is 1. The van der Waals surface area contributed by atoms with Gasteiger partial charge in [0, 0.05) is 30.4 Å². The molecule has 0 aliphatic rings. The van der Waals surface area contributed by atoms with Crippen molar-refractivity contribution in [3.63, 3.8) is 0 Å². The van der Waals surface area contributed by atoms with E-state index in [1.54, 1.807) is 26.9 Å². The first-order chi connectivity index (χ1) is 12.0. The topological polar surface area (TPSA) is 28.2 Å². The zero-order valence-corrected chi connectivity index (χ0v) is 21.8. The average Bonchev–Trinajstić information content (AvgIpc) is 3.11. The normalized spacial score (nSPS) is 10.4. The third-order valence-electron chi connectivity index (χ3n) is 3.19. The molecule has 0 saturated heterocycles. The van der Waals surface area contributed by atoms with Crippen molar-refractivity contribution >= 4 is 41.7 Å². The van der Waals surface area contributed by atoms with Gasteiger partial charge >= 0.3 is 35.1 Å². The Morgan fingerprint density at radius 1 is 1.16 bits per heavy atom.